The van der Waals surface area contributed by atoms with Crippen molar-refractivity contribution in [3.05, 3.63) is 63.9 Å². The van der Waals surface area contributed by atoms with Gasteiger partial charge >= 0.3 is 0 Å². The number of amides is 1. The highest BCUT2D eigenvalue weighted by Gasteiger charge is 2.16. The molecule has 0 aliphatic rings. The largest absolute Gasteiger partial charge is 0.497 e. The second-order valence-electron chi connectivity index (χ2n) is 5.55. The molecule has 0 aliphatic carbocycles. The fourth-order valence-corrected chi connectivity index (χ4v) is 2.65. The number of benzene rings is 2. The van der Waals surface area contributed by atoms with Crippen LogP contribution in [0.5, 0.6) is 5.75 Å². The summed E-state index contributed by atoms with van der Waals surface area (Å²) in [7, 11) is 1.57. The zero-order chi connectivity index (χ0) is 18.0. The molecule has 7 heteroatoms. The number of rotatable bonds is 5. The van der Waals surface area contributed by atoms with Crippen molar-refractivity contribution < 1.29 is 18.9 Å². The maximum absolute atomic E-state index is 12.3. The number of carbonyl (C=O) groups excluding carboxylic acids is 1. The molecule has 0 radical (unpaired) electrons. The highest BCUT2D eigenvalue weighted by Crippen LogP contribution is 2.27. The molecule has 7 nitrogen and oxygen atoms in total. The molecule has 3 rings (SSSR count). The van der Waals surface area contributed by atoms with Crippen LogP contribution in [0.1, 0.15) is 11.1 Å². The summed E-state index contributed by atoms with van der Waals surface area (Å²) in [4.78, 5) is 22.8. The van der Waals surface area contributed by atoms with Crippen LogP contribution in [0.25, 0.3) is 11.0 Å². The number of nitro benzene ring substituents is 1. The Bertz CT molecular complexity index is 961. The SMILES string of the molecule is COc1ccc2c(CC(=O)Nc3cccc([N+](=O)[O-])c3C)coc2c1. The van der Waals surface area contributed by atoms with Crippen molar-refractivity contribution in [2.75, 3.05) is 12.4 Å². The summed E-state index contributed by atoms with van der Waals surface area (Å²) >= 11 is 0. The minimum atomic E-state index is -0.470. The van der Waals surface area contributed by atoms with Gasteiger partial charge in [0.25, 0.3) is 5.69 Å². The fourth-order valence-electron chi connectivity index (χ4n) is 2.65. The molecule has 1 N–H and O–H groups in total. The van der Waals surface area contributed by atoms with Gasteiger partial charge in [0.2, 0.25) is 5.91 Å². The number of carbonyl (C=O) groups is 1. The second kappa shape index (κ2) is 6.64. The van der Waals surface area contributed by atoms with Crippen LogP contribution in [0, 0.1) is 17.0 Å². The highest BCUT2D eigenvalue weighted by molar-refractivity contribution is 5.96. The van der Waals surface area contributed by atoms with Crippen molar-refractivity contribution in [1.29, 1.82) is 0 Å². The second-order valence-corrected chi connectivity index (χ2v) is 5.55. The van der Waals surface area contributed by atoms with Crippen LogP contribution in [0.3, 0.4) is 0 Å². The molecule has 128 valence electrons. The standard InChI is InChI=1S/C18H16N2O5/c1-11-15(4-3-5-16(11)20(22)23)19-18(21)8-12-10-25-17-9-13(24-2)6-7-14(12)17/h3-7,9-10H,8H2,1-2H3,(H,19,21). The molecule has 0 fully saturated rings. The van der Waals surface area contributed by atoms with Crippen molar-refractivity contribution in [2.24, 2.45) is 0 Å². The molecule has 0 aliphatic heterocycles. The number of nitrogens with one attached hydrogen (secondary N) is 1. The van der Waals surface area contributed by atoms with Gasteiger partial charge in [-0.25, -0.2) is 0 Å². The highest BCUT2D eigenvalue weighted by atomic mass is 16.6. The lowest BCUT2D eigenvalue weighted by molar-refractivity contribution is -0.385. The number of furan rings is 1. The molecule has 1 heterocycles. The first-order chi connectivity index (χ1) is 12.0. The summed E-state index contributed by atoms with van der Waals surface area (Å²) in [6, 6.07) is 9.96. The predicted molar refractivity (Wildman–Crippen MR) is 92.9 cm³/mol. The summed E-state index contributed by atoms with van der Waals surface area (Å²) in [6.07, 6.45) is 1.63. The molecule has 1 aromatic heterocycles. The van der Waals surface area contributed by atoms with Crippen molar-refractivity contribution >= 4 is 28.3 Å². The minimum Gasteiger partial charge on any atom is -0.497 e. The van der Waals surface area contributed by atoms with Crippen LogP contribution in [-0.4, -0.2) is 17.9 Å². The Morgan fingerprint density at radius 3 is 2.84 bits per heavy atom. The fraction of sp³-hybridized carbons (Fsp3) is 0.167. The van der Waals surface area contributed by atoms with E-state index in [9.17, 15) is 14.9 Å². The van der Waals surface area contributed by atoms with Gasteiger partial charge in [0.15, 0.2) is 0 Å². The molecule has 1 amide bonds. The number of ether oxygens (including phenoxy) is 1. The van der Waals surface area contributed by atoms with E-state index in [-0.39, 0.29) is 18.0 Å². The zero-order valence-electron chi connectivity index (χ0n) is 13.7. The third-order valence-electron chi connectivity index (χ3n) is 3.99. The normalized spacial score (nSPS) is 10.6. The molecule has 25 heavy (non-hydrogen) atoms. The van der Waals surface area contributed by atoms with E-state index in [4.69, 9.17) is 9.15 Å². The lowest BCUT2D eigenvalue weighted by Crippen LogP contribution is -2.15. The van der Waals surface area contributed by atoms with E-state index >= 15 is 0 Å². The van der Waals surface area contributed by atoms with Crippen LogP contribution >= 0.6 is 0 Å². The average molecular weight is 340 g/mol. The Kier molecular flexibility index (Phi) is 4.38. The molecule has 2 aromatic carbocycles. The minimum absolute atomic E-state index is 0.0290. The van der Waals surface area contributed by atoms with E-state index in [2.05, 4.69) is 5.32 Å². The monoisotopic (exact) mass is 340 g/mol. The molecule has 0 atom stereocenters. The van der Waals surface area contributed by atoms with E-state index in [1.54, 1.807) is 38.3 Å². The lowest BCUT2D eigenvalue weighted by atomic mass is 10.1. The molecule has 0 saturated heterocycles. The Balaban J connectivity index is 1.80. The van der Waals surface area contributed by atoms with Gasteiger partial charge in [-0.2, -0.15) is 0 Å². The number of fused-ring (bicyclic) bond motifs is 1. The summed E-state index contributed by atoms with van der Waals surface area (Å²) in [5, 5.41) is 14.5. The van der Waals surface area contributed by atoms with Crippen LogP contribution in [0.4, 0.5) is 11.4 Å². The zero-order valence-corrected chi connectivity index (χ0v) is 13.7. The molecule has 0 saturated carbocycles. The topological polar surface area (TPSA) is 94.6 Å². The van der Waals surface area contributed by atoms with Crippen LogP contribution in [-0.2, 0) is 11.2 Å². The first-order valence-corrected chi connectivity index (χ1v) is 7.57. The summed E-state index contributed by atoms with van der Waals surface area (Å²) in [5.41, 5.74) is 2.18. The lowest BCUT2D eigenvalue weighted by Gasteiger charge is -2.08. The smallest absolute Gasteiger partial charge is 0.274 e. The number of hydrogen-bond acceptors (Lipinski definition) is 5. The van der Waals surface area contributed by atoms with Gasteiger partial charge in [-0.3, -0.25) is 14.9 Å². The van der Waals surface area contributed by atoms with Gasteiger partial charge in [0.05, 0.1) is 36.0 Å². The molecule has 0 unspecified atom stereocenters. The van der Waals surface area contributed by atoms with Gasteiger partial charge in [-0.05, 0) is 25.1 Å². The van der Waals surface area contributed by atoms with E-state index in [1.807, 2.05) is 6.07 Å². The molecule has 0 bridgehead atoms. The Labute approximate surface area is 143 Å². The van der Waals surface area contributed by atoms with E-state index in [1.165, 1.54) is 12.3 Å². The third kappa shape index (κ3) is 3.30. The van der Waals surface area contributed by atoms with Gasteiger partial charge < -0.3 is 14.5 Å². The maximum atomic E-state index is 12.3. The maximum Gasteiger partial charge on any atom is 0.274 e. The number of hydrogen-bond donors (Lipinski definition) is 1. The van der Waals surface area contributed by atoms with Crippen molar-refractivity contribution in [3.8, 4) is 5.75 Å². The Hall–Kier alpha value is -3.35. The first-order valence-electron chi connectivity index (χ1n) is 7.57. The van der Waals surface area contributed by atoms with E-state index in [0.29, 0.717) is 22.6 Å². The van der Waals surface area contributed by atoms with Gasteiger partial charge in [-0.1, -0.05) is 6.07 Å². The van der Waals surface area contributed by atoms with Crippen LogP contribution in [0.15, 0.2) is 47.1 Å². The van der Waals surface area contributed by atoms with Crippen molar-refractivity contribution in [2.45, 2.75) is 13.3 Å². The Morgan fingerprint density at radius 2 is 2.12 bits per heavy atom. The molecule has 3 aromatic rings. The first kappa shape index (κ1) is 16.5. The van der Waals surface area contributed by atoms with Crippen molar-refractivity contribution in [1.82, 2.24) is 0 Å². The van der Waals surface area contributed by atoms with Crippen molar-refractivity contribution in [3.63, 3.8) is 0 Å². The summed E-state index contributed by atoms with van der Waals surface area (Å²) in [5.74, 6) is 0.396. The summed E-state index contributed by atoms with van der Waals surface area (Å²) < 4.78 is 10.6. The molecular formula is C18H16N2O5. The van der Waals surface area contributed by atoms with E-state index in [0.717, 1.165) is 10.9 Å². The van der Waals surface area contributed by atoms with E-state index < -0.39 is 4.92 Å². The summed E-state index contributed by atoms with van der Waals surface area (Å²) in [6.45, 7) is 1.60. The number of nitrogens with zero attached hydrogens (tertiary/aromatic N) is 1. The van der Waals surface area contributed by atoms with Crippen LogP contribution in [0.2, 0.25) is 0 Å². The third-order valence-corrected chi connectivity index (χ3v) is 3.99. The quantitative estimate of drug-likeness (QED) is 0.562. The molecular weight excluding hydrogens is 324 g/mol. The molecule has 0 spiro atoms. The van der Waals surface area contributed by atoms with Gasteiger partial charge in [-0.15, -0.1) is 0 Å². The Morgan fingerprint density at radius 1 is 1.32 bits per heavy atom. The number of anilines is 1. The van der Waals surface area contributed by atoms with Crippen LogP contribution < -0.4 is 10.1 Å². The number of nitro groups is 1. The van der Waals surface area contributed by atoms with Gasteiger partial charge in [0, 0.05) is 23.1 Å². The average Bonchev–Trinajstić information content (AvgIpc) is 2.98. The van der Waals surface area contributed by atoms with Gasteiger partial charge in [0.1, 0.15) is 11.3 Å². The predicted octanol–water partition coefficient (Wildman–Crippen LogP) is 3.84. The number of methoxy groups -OCH3 is 1.